The van der Waals surface area contributed by atoms with Crippen molar-refractivity contribution in [2.45, 2.75) is 153 Å². The Bertz CT molecular complexity index is 1370. The van der Waals surface area contributed by atoms with Crippen molar-refractivity contribution in [1.82, 2.24) is 4.90 Å². The molecule has 0 radical (unpaired) electrons. The molecule has 3 fully saturated rings. The highest BCUT2D eigenvalue weighted by Crippen LogP contribution is 2.38. The minimum Gasteiger partial charge on any atom is -0.456 e. The van der Waals surface area contributed by atoms with Gasteiger partial charge in [0.2, 0.25) is 5.79 Å². The number of ketones is 2. The predicted molar refractivity (Wildman–Crippen MR) is 202 cm³/mol. The van der Waals surface area contributed by atoms with E-state index in [9.17, 15) is 34.5 Å². The van der Waals surface area contributed by atoms with Gasteiger partial charge in [0.15, 0.2) is 0 Å². The topological polar surface area (TPSA) is 169 Å². The molecule has 0 aromatic rings. The van der Waals surface area contributed by atoms with Gasteiger partial charge < -0.3 is 39.2 Å². The van der Waals surface area contributed by atoms with Crippen LogP contribution in [0.1, 0.15) is 111 Å². The number of hydrogen-bond donors (Lipinski definition) is 3. The van der Waals surface area contributed by atoms with Gasteiger partial charge in [0.25, 0.3) is 11.7 Å². The number of carbonyl (C=O) groups is 4. The van der Waals surface area contributed by atoms with Gasteiger partial charge in [0.1, 0.15) is 24.0 Å². The molecule has 4 rings (SSSR count). The summed E-state index contributed by atoms with van der Waals surface area (Å²) in [5.74, 6) is -6.35. The lowest BCUT2D eigenvalue weighted by atomic mass is 9.81. The predicted octanol–water partition coefficient (Wildman–Crippen LogP) is 4.77. The second-order valence-corrected chi connectivity index (χ2v) is 16.2. The summed E-state index contributed by atoms with van der Waals surface area (Å²) in [5, 5.41) is 32.9. The number of piperidine rings is 1. The third-order valence-corrected chi connectivity index (χ3v) is 12.2. The molecular weight excluding hydrogens is 694 g/mol. The van der Waals surface area contributed by atoms with Crippen LogP contribution in [0.4, 0.5) is 0 Å². The van der Waals surface area contributed by atoms with Crippen molar-refractivity contribution in [2.75, 3.05) is 27.4 Å². The number of hydrogen-bond acceptors (Lipinski definition) is 11. The standard InChI is InChI=1S/C42H65NO11/c1-7-11-31-20-26(2)12-10-14-35(51-5)38-37(52-6)22-28(4)42(50,54-38)39(47)40(48)43-19-9-8-13-33(43)41(49)53-36(24-32(45)23-34(31)46)27(3)21-29-15-17-30(25-44)18-16-29/h7,20-21,28-33,35-38,44-45,50H,1,8-19,22-25H2,2-6H3/b26-20+,27-21+/t28?,29?,30?,31?,32-,33-,35-,36-,37?,38?,42?/m0/s1. The molecule has 1 amide bonds. The number of aliphatic hydroxyl groups excluding tert-OH is 2. The number of Topliss-reactive ketones (excluding diaryl/α,β-unsaturated/α-hetero) is 2. The van der Waals surface area contributed by atoms with E-state index in [-0.39, 0.29) is 56.5 Å². The van der Waals surface area contributed by atoms with E-state index < -0.39 is 71.8 Å². The monoisotopic (exact) mass is 759 g/mol. The van der Waals surface area contributed by atoms with E-state index in [0.717, 1.165) is 36.8 Å². The Morgan fingerprint density at radius 3 is 2.37 bits per heavy atom. The molecule has 2 bridgehead atoms. The Morgan fingerprint density at radius 2 is 1.72 bits per heavy atom. The van der Waals surface area contributed by atoms with Gasteiger partial charge in [0.05, 0.1) is 18.3 Å². The first kappa shape index (κ1) is 44.0. The molecule has 9 atom stereocenters. The van der Waals surface area contributed by atoms with Crippen LogP contribution in [0.15, 0.2) is 36.0 Å². The highest BCUT2D eigenvalue weighted by Gasteiger charge is 2.56. The lowest BCUT2D eigenvalue weighted by molar-refractivity contribution is -0.302. The highest BCUT2D eigenvalue weighted by molar-refractivity contribution is 6.39. The van der Waals surface area contributed by atoms with Crippen molar-refractivity contribution < 1.29 is 53.4 Å². The minimum atomic E-state index is -2.48. The average molecular weight is 760 g/mol. The maximum Gasteiger partial charge on any atom is 0.329 e. The zero-order valence-corrected chi connectivity index (χ0v) is 33.1. The van der Waals surface area contributed by atoms with Crippen LogP contribution in [0.5, 0.6) is 0 Å². The fourth-order valence-electron chi connectivity index (χ4n) is 8.74. The van der Waals surface area contributed by atoms with Crippen molar-refractivity contribution in [2.24, 2.45) is 23.7 Å². The van der Waals surface area contributed by atoms with Gasteiger partial charge in [-0.25, -0.2) is 4.79 Å². The average Bonchev–Trinajstić information content (AvgIpc) is 3.16. The second-order valence-electron chi connectivity index (χ2n) is 16.2. The molecule has 12 heteroatoms. The molecule has 1 aliphatic carbocycles. The van der Waals surface area contributed by atoms with E-state index in [4.69, 9.17) is 18.9 Å². The number of ether oxygens (including phenoxy) is 4. The van der Waals surface area contributed by atoms with Crippen molar-refractivity contribution in [3.8, 4) is 0 Å². The summed E-state index contributed by atoms with van der Waals surface area (Å²) in [5.41, 5.74) is 1.70. The maximum absolute atomic E-state index is 14.1. The molecule has 2 saturated heterocycles. The molecule has 54 heavy (non-hydrogen) atoms. The molecule has 3 aliphatic heterocycles. The molecule has 0 aromatic heterocycles. The first-order chi connectivity index (χ1) is 25.8. The summed E-state index contributed by atoms with van der Waals surface area (Å²) < 4.78 is 23.9. The number of esters is 1. The third kappa shape index (κ3) is 11.0. The summed E-state index contributed by atoms with van der Waals surface area (Å²) in [6.07, 6.45) is 8.81. The number of carbonyl (C=O) groups excluding carboxylic acids is 4. The van der Waals surface area contributed by atoms with E-state index in [1.807, 2.05) is 19.9 Å². The van der Waals surface area contributed by atoms with Crippen LogP contribution in [0, 0.1) is 23.7 Å². The first-order valence-corrected chi connectivity index (χ1v) is 20.1. The van der Waals surface area contributed by atoms with Crippen molar-refractivity contribution in [3.63, 3.8) is 0 Å². The number of amides is 1. The summed E-state index contributed by atoms with van der Waals surface area (Å²) in [6.45, 7) is 9.54. The smallest absolute Gasteiger partial charge is 0.329 e. The third-order valence-electron chi connectivity index (χ3n) is 12.2. The Kier molecular flexibility index (Phi) is 16.6. The van der Waals surface area contributed by atoms with Crippen molar-refractivity contribution >= 4 is 23.4 Å². The second kappa shape index (κ2) is 20.4. The Labute approximate surface area is 321 Å². The molecule has 5 unspecified atom stereocenters. The Balaban J connectivity index is 1.71. The zero-order chi connectivity index (χ0) is 39.6. The van der Waals surface area contributed by atoms with Crippen LogP contribution in [0.2, 0.25) is 0 Å². The number of nitrogens with zero attached hydrogens (tertiary/aromatic N) is 1. The van der Waals surface area contributed by atoms with Crippen molar-refractivity contribution in [1.29, 1.82) is 0 Å². The number of methoxy groups -OCH3 is 2. The van der Waals surface area contributed by atoms with Gasteiger partial charge in [-0.05, 0) is 108 Å². The van der Waals surface area contributed by atoms with Crippen LogP contribution in [-0.2, 0) is 38.1 Å². The number of rotatable bonds is 7. The SMILES string of the molecule is C=CCC1/C=C(\C)CCC[C@H](OC)C2OC(O)(C(=O)C(=O)N3CCCC[C@H]3C(=O)O[C@H](/C(C)=C/C3CCC(CO)CC3)C[C@@H](O)CC1=O)C(C)CC2OC. The van der Waals surface area contributed by atoms with Crippen LogP contribution in [-0.4, -0.2) is 113 Å². The Hall–Kier alpha value is -2.74. The fourth-order valence-corrected chi connectivity index (χ4v) is 8.74. The Morgan fingerprint density at radius 1 is 1.02 bits per heavy atom. The van der Waals surface area contributed by atoms with E-state index in [1.165, 1.54) is 19.1 Å². The zero-order valence-electron chi connectivity index (χ0n) is 33.1. The summed E-state index contributed by atoms with van der Waals surface area (Å²) >= 11 is 0. The van der Waals surface area contributed by atoms with Gasteiger partial charge in [-0.15, -0.1) is 6.58 Å². The number of allylic oxidation sites excluding steroid dienone is 4. The van der Waals surface area contributed by atoms with Crippen LogP contribution in [0.3, 0.4) is 0 Å². The van der Waals surface area contributed by atoms with Gasteiger partial charge >= 0.3 is 5.97 Å². The molecule has 3 heterocycles. The van der Waals surface area contributed by atoms with Crippen LogP contribution < -0.4 is 0 Å². The van der Waals surface area contributed by atoms with Gasteiger partial charge in [0, 0.05) is 52.0 Å². The maximum atomic E-state index is 14.1. The highest BCUT2D eigenvalue weighted by atomic mass is 16.7. The van der Waals surface area contributed by atoms with E-state index in [2.05, 4.69) is 12.7 Å². The van der Waals surface area contributed by atoms with Gasteiger partial charge in [-0.1, -0.05) is 30.7 Å². The lowest BCUT2D eigenvalue weighted by Crippen LogP contribution is -2.64. The van der Waals surface area contributed by atoms with E-state index in [1.54, 1.807) is 13.0 Å². The first-order valence-electron chi connectivity index (χ1n) is 20.1. The molecule has 3 N–H and O–H groups in total. The molecule has 0 spiro atoms. The minimum absolute atomic E-state index is 0.0273. The number of fused-ring (bicyclic) bond motifs is 3. The lowest BCUT2D eigenvalue weighted by Gasteiger charge is -2.46. The summed E-state index contributed by atoms with van der Waals surface area (Å²) in [4.78, 5) is 57.1. The molecule has 0 aromatic carbocycles. The molecule has 12 nitrogen and oxygen atoms in total. The van der Waals surface area contributed by atoms with Gasteiger partial charge in [-0.2, -0.15) is 0 Å². The largest absolute Gasteiger partial charge is 0.456 e. The van der Waals surface area contributed by atoms with E-state index in [0.29, 0.717) is 38.5 Å². The fraction of sp³-hybridized carbons (Fsp3) is 0.762. The van der Waals surface area contributed by atoms with Gasteiger partial charge in [-0.3, -0.25) is 14.4 Å². The normalized spacial score (nSPS) is 38.4. The van der Waals surface area contributed by atoms with Crippen molar-refractivity contribution in [3.05, 3.63) is 36.0 Å². The van der Waals surface area contributed by atoms with Crippen LogP contribution >= 0.6 is 0 Å². The molecule has 1 saturated carbocycles. The number of cyclic esters (lactones) is 1. The summed E-state index contributed by atoms with van der Waals surface area (Å²) in [7, 11) is 3.05. The molecule has 4 aliphatic rings. The quantitative estimate of drug-likeness (QED) is 0.186. The summed E-state index contributed by atoms with van der Waals surface area (Å²) in [6, 6.07) is -1.10. The molecular formula is C42H65NO11. The van der Waals surface area contributed by atoms with Crippen LogP contribution in [0.25, 0.3) is 0 Å². The number of aliphatic hydroxyl groups is 3. The molecule has 304 valence electrons. The van der Waals surface area contributed by atoms with E-state index >= 15 is 0 Å².